The normalized spacial score (nSPS) is 15.4. The van der Waals surface area contributed by atoms with Crippen molar-refractivity contribution in [3.8, 4) is 66.8 Å². The van der Waals surface area contributed by atoms with Gasteiger partial charge in [0, 0.05) is 0 Å². The SMILES string of the molecule is CC(C)c1cccc(C(C)C)c1-c1cc(-c2cccc(-c3cc(-c4c(C(C)C)cccc4C(C)C)cc(-c4c(C(C)C)cccc4C(C)C)c3)c2[Se][C@@H]2CCCC[C@H]2Cl)cc(-c2c(C(C)C)cccc2C(C)C)c1. The molecule has 0 nitrogen and oxygen atoms in total. The number of hydrogen-bond donors (Lipinski definition) is 0. The first-order valence-corrected chi connectivity index (χ1v) is 30.8. The van der Waals surface area contributed by atoms with Crippen LogP contribution in [0.15, 0.2) is 127 Å². The first kappa shape index (κ1) is 55.6. The van der Waals surface area contributed by atoms with Crippen molar-refractivity contribution in [1.82, 2.24) is 0 Å². The number of rotatable bonds is 16. The van der Waals surface area contributed by atoms with Gasteiger partial charge in [0.15, 0.2) is 0 Å². The third kappa shape index (κ3) is 11.5. The minimum absolute atomic E-state index is 0.0842. The van der Waals surface area contributed by atoms with E-state index in [0.717, 1.165) is 6.42 Å². The van der Waals surface area contributed by atoms with Crippen LogP contribution in [0.1, 0.15) is 228 Å². The van der Waals surface area contributed by atoms with Crippen LogP contribution in [0.3, 0.4) is 0 Å². The fourth-order valence-electron chi connectivity index (χ4n) is 12.1. The van der Waals surface area contributed by atoms with E-state index in [1.807, 2.05) is 0 Å². The summed E-state index contributed by atoms with van der Waals surface area (Å²) in [7, 11) is 0. The number of alkyl halides is 1. The Morgan fingerprint density at radius 2 is 0.554 bits per heavy atom. The summed E-state index contributed by atoms with van der Waals surface area (Å²) in [5, 5.41) is 0.171. The maximum atomic E-state index is 7.54. The van der Waals surface area contributed by atoms with Crippen molar-refractivity contribution in [3.05, 3.63) is 172 Å². The van der Waals surface area contributed by atoms with E-state index in [4.69, 9.17) is 11.6 Å². The zero-order valence-corrected chi connectivity index (χ0v) is 50.5. The third-order valence-electron chi connectivity index (χ3n) is 16.0. The second kappa shape index (κ2) is 23.7. The van der Waals surface area contributed by atoms with E-state index < -0.39 is 0 Å². The van der Waals surface area contributed by atoms with Gasteiger partial charge in [-0.25, -0.2) is 0 Å². The van der Waals surface area contributed by atoms with Gasteiger partial charge in [-0.1, -0.05) is 0 Å². The molecule has 1 fully saturated rings. The molecule has 2 atom stereocenters. The van der Waals surface area contributed by atoms with Crippen molar-refractivity contribution in [1.29, 1.82) is 0 Å². The van der Waals surface area contributed by atoms with E-state index in [1.165, 1.54) is 135 Å². The summed E-state index contributed by atoms with van der Waals surface area (Å²) in [4.78, 5) is 0.440. The van der Waals surface area contributed by atoms with Crippen molar-refractivity contribution >= 4 is 31.0 Å². The predicted molar refractivity (Wildman–Crippen MR) is 329 cm³/mol. The summed E-state index contributed by atoms with van der Waals surface area (Å²) in [5.41, 5.74) is 27.5. The van der Waals surface area contributed by atoms with Crippen LogP contribution < -0.4 is 4.46 Å². The molecule has 0 bridgehead atoms. The van der Waals surface area contributed by atoms with Crippen LogP contribution in [0.4, 0.5) is 0 Å². The molecule has 0 saturated heterocycles. The van der Waals surface area contributed by atoms with E-state index in [0.29, 0.717) is 52.2 Å². The van der Waals surface area contributed by atoms with E-state index in [9.17, 15) is 0 Å². The molecule has 74 heavy (non-hydrogen) atoms. The van der Waals surface area contributed by atoms with Gasteiger partial charge in [0.25, 0.3) is 0 Å². The first-order chi connectivity index (χ1) is 35.3. The van der Waals surface area contributed by atoms with E-state index in [1.54, 1.807) is 0 Å². The Kier molecular flexibility index (Phi) is 17.8. The summed E-state index contributed by atoms with van der Waals surface area (Å²) in [6, 6.07) is 50.9. The molecule has 7 aromatic rings. The van der Waals surface area contributed by atoms with Crippen molar-refractivity contribution in [2.45, 2.75) is 194 Å². The molecular weight excluding hydrogens is 979 g/mol. The maximum absolute atomic E-state index is 7.54. The van der Waals surface area contributed by atoms with Crippen LogP contribution in [-0.4, -0.2) is 20.3 Å². The van der Waals surface area contributed by atoms with Gasteiger partial charge in [-0.2, -0.15) is 0 Å². The molecule has 0 spiro atoms. The molecule has 0 aliphatic heterocycles. The molecule has 0 N–H and O–H groups in total. The summed E-state index contributed by atoms with van der Waals surface area (Å²) in [5.74, 6) is 2.96. The molecule has 0 amide bonds. The fourth-order valence-corrected chi connectivity index (χ4v) is 15.8. The molecule has 388 valence electrons. The zero-order valence-electron chi connectivity index (χ0n) is 48.0. The Balaban J connectivity index is 1.53. The predicted octanol–water partition coefficient (Wildman–Crippen LogP) is 22.0. The Bertz CT molecular complexity index is 2620. The minimum atomic E-state index is 0.0842. The quantitative estimate of drug-likeness (QED) is 0.0668. The van der Waals surface area contributed by atoms with Gasteiger partial charge in [-0.15, -0.1) is 0 Å². The van der Waals surface area contributed by atoms with Gasteiger partial charge in [0.1, 0.15) is 0 Å². The first-order valence-electron chi connectivity index (χ1n) is 28.5. The van der Waals surface area contributed by atoms with Crippen molar-refractivity contribution in [2.24, 2.45) is 0 Å². The van der Waals surface area contributed by atoms with Gasteiger partial charge in [0.2, 0.25) is 0 Å². The standard InChI is InChI=1S/C72H87ClSe/c1-42(2)56-24-19-25-57(43(3)4)68(56)52-36-50(37-53(40-52)69-58(44(5)6)26-20-27-59(69)45(7)8)64-32-23-33-65(72(64)74-67-35-18-17-34-66(67)73)51-38-54(70-60(46(9)10)28-21-29-61(70)47(11)12)41-55(39-51)71-62(48(13)14)30-22-31-63(71)49(15)16/h19-33,36-49,66-67H,17-18,34-35H2,1-16H3/t66-,67-/m1/s1. The second-order valence-corrected chi connectivity index (χ2v) is 27.4. The van der Waals surface area contributed by atoms with Crippen molar-refractivity contribution < 1.29 is 0 Å². The second-order valence-electron chi connectivity index (χ2n) is 24.2. The summed E-state index contributed by atoms with van der Waals surface area (Å²) >= 11 is 7.63. The average Bonchev–Trinajstić information content (AvgIpc) is 3.37. The van der Waals surface area contributed by atoms with Gasteiger partial charge in [-0.05, 0) is 0 Å². The topological polar surface area (TPSA) is 0 Å². The Morgan fingerprint density at radius 1 is 0.324 bits per heavy atom. The van der Waals surface area contributed by atoms with E-state index in [-0.39, 0.29) is 20.3 Å². The van der Waals surface area contributed by atoms with Crippen LogP contribution in [0, 0.1) is 0 Å². The molecular formula is C72H87ClSe. The molecule has 2 heteroatoms. The van der Waals surface area contributed by atoms with Gasteiger partial charge in [-0.3, -0.25) is 0 Å². The zero-order chi connectivity index (χ0) is 53.3. The number of benzene rings is 7. The molecule has 7 aromatic carbocycles. The summed E-state index contributed by atoms with van der Waals surface area (Å²) in [6.07, 6.45) is 4.73. The molecule has 0 aromatic heterocycles. The van der Waals surface area contributed by atoms with Gasteiger partial charge in [0.05, 0.1) is 0 Å². The van der Waals surface area contributed by atoms with Crippen LogP contribution in [0.2, 0.25) is 4.82 Å². The van der Waals surface area contributed by atoms with Gasteiger partial charge < -0.3 is 0 Å². The molecule has 8 rings (SSSR count). The molecule has 0 unspecified atom stereocenters. The van der Waals surface area contributed by atoms with Crippen LogP contribution in [0.5, 0.6) is 0 Å². The molecule has 1 aliphatic carbocycles. The van der Waals surface area contributed by atoms with Crippen molar-refractivity contribution in [3.63, 3.8) is 0 Å². The van der Waals surface area contributed by atoms with Crippen LogP contribution in [0.25, 0.3) is 66.8 Å². The van der Waals surface area contributed by atoms with Crippen molar-refractivity contribution in [2.75, 3.05) is 0 Å². The molecule has 0 radical (unpaired) electrons. The average molecular weight is 1070 g/mol. The Morgan fingerprint density at radius 3 is 0.797 bits per heavy atom. The third-order valence-corrected chi connectivity index (χ3v) is 20.1. The molecule has 1 aliphatic rings. The van der Waals surface area contributed by atoms with E-state index in [2.05, 4.69) is 238 Å². The Hall–Kier alpha value is -4.65. The molecule has 0 heterocycles. The van der Waals surface area contributed by atoms with E-state index >= 15 is 0 Å². The molecule has 1 saturated carbocycles. The summed E-state index contributed by atoms with van der Waals surface area (Å²) in [6.45, 7) is 37.9. The Labute approximate surface area is 460 Å². The van der Waals surface area contributed by atoms with Crippen LogP contribution >= 0.6 is 11.6 Å². The summed E-state index contributed by atoms with van der Waals surface area (Å²) < 4.78 is 1.48. The fraction of sp³-hybridized carbons (Fsp3) is 0.417. The van der Waals surface area contributed by atoms with Crippen LogP contribution in [-0.2, 0) is 0 Å². The monoisotopic (exact) mass is 1070 g/mol. The number of halogens is 1. The van der Waals surface area contributed by atoms with Gasteiger partial charge >= 0.3 is 464 Å². The number of hydrogen-bond acceptors (Lipinski definition) is 0.